The van der Waals surface area contributed by atoms with Crippen molar-refractivity contribution in [1.82, 2.24) is 14.5 Å². The van der Waals surface area contributed by atoms with Gasteiger partial charge in [-0.2, -0.15) is 4.31 Å². The molecule has 31 heavy (non-hydrogen) atoms. The van der Waals surface area contributed by atoms with Crippen LogP contribution in [-0.4, -0.2) is 56.4 Å². The maximum atomic E-state index is 12.9. The fraction of sp³-hybridized carbons (Fsp3) is 0.381. The van der Waals surface area contributed by atoms with Crippen molar-refractivity contribution in [2.24, 2.45) is 0 Å². The van der Waals surface area contributed by atoms with Crippen LogP contribution in [0.15, 0.2) is 47.4 Å². The van der Waals surface area contributed by atoms with Gasteiger partial charge in [-0.15, -0.1) is 0 Å². The Labute approximate surface area is 192 Å². The van der Waals surface area contributed by atoms with Gasteiger partial charge >= 0.3 is 6.03 Å². The number of nitrogens with one attached hydrogen (secondary N) is 1. The van der Waals surface area contributed by atoms with E-state index in [1.807, 2.05) is 31.2 Å². The van der Waals surface area contributed by atoms with Crippen LogP contribution in [0.3, 0.4) is 0 Å². The van der Waals surface area contributed by atoms with Gasteiger partial charge < -0.3 is 15.0 Å². The van der Waals surface area contributed by atoms with Crippen LogP contribution >= 0.6 is 23.2 Å². The van der Waals surface area contributed by atoms with Crippen LogP contribution in [0.5, 0.6) is 0 Å². The fourth-order valence-corrected chi connectivity index (χ4v) is 5.48. The van der Waals surface area contributed by atoms with E-state index in [0.717, 1.165) is 11.1 Å². The standard InChI is InChI=1S/C21H25Cl2N3O4S/c1-2-30-15-17-7-4-3-6-16(17)14-24-21(27)25-10-12-26(13-11-25)31(28,29)19-9-5-8-18(22)20(19)23/h3-9H,2,10-15H2,1H3,(H,24,27). The third-order valence-corrected chi connectivity index (χ3v) is 7.94. The van der Waals surface area contributed by atoms with Crippen molar-refractivity contribution in [3.8, 4) is 0 Å². The second kappa shape index (κ2) is 10.7. The van der Waals surface area contributed by atoms with Gasteiger partial charge in [-0.3, -0.25) is 0 Å². The van der Waals surface area contributed by atoms with Crippen LogP contribution in [0.4, 0.5) is 4.79 Å². The number of halogens is 2. The molecule has 2 aromatic rings. The molecule has 168 valence electrons. The number of rotatable bonds is 7. The summed E-state index contributed by atoms with van der Waals surface area (Å²) < 4.78 is 32.6. The van der Waals surface area contributed by atoms with Crippen LogP contribution in [0, 0.1) is 0 Å². The summed E-state index contributed by atoms with van der Waals surface area (Å²) in [5.74, 6) is 0. The van der Waals surface area contributed by atoms with E-state index in [-0.39, 0.29) is 47.2 Å². The van der Waals surface area contributed by atoms with Crippen molar-refractivity contribution in [3.05, 3.63) is 63.6 Å². The summed E-state index contributed by atoms with van der Waals surface area (Å²) in [6.45, 7) is 4.34. The highest BCUT2D eigenvalue weighted by atomic mass is 35.5. The van der Waals surface area contributed by atoms with E-state index >= 15 is 0 Å². The molecule has 3 rings (SSSR count). The molecule has 1 N–H and O–H groups in total. The normalized spacial score (nSPS) is 15.1. The molecule has 10 heteroatoms. The predicted octanol–water partition coefficient (Wildman–Crippen LogP) is 3.75. The first-order chi connectivity index (χ1) is 14.8. The van der Waals surface area contributed by atoms with Gasteiger partial charge in [-0.25, -0.2) is 13.2 Å². The minimum Gasteiger partial charge on any atom is -0.377 e. The van der Waals surface area contributed by atoms with E-state index in [1.165, 1.54) is 16.4 Å². The van der Waals surface area contributed by atoms with Crippen LogP contribution < -0.4 is 5.32 Å². The Kier molecular flexibility index (Phi) is 8.18. The second-order valence-electron chi connectivity index (χ2n) is 7.01. The average Bonchev–Trinajstić information content (AvgIpc) is 2.78. The van der Waals surface area contributed by atoms with E-state index < -0.39 is 10.0 Å². The largest absolute Gasteiger partial charge is 0.377 e. The van der Waals surface area contributed by atoms with Crippen molar-refractivity contribution in [1.29, 1.82) is 0 Å². The first-order valence-corrected chi connectivity index (χ1v) is 12.2. The van der Waals surface area contributed by atoms with Gasteiger partial charge in [0.2, 0.25) is 10.0 Å². The molecule has 1 aliphatic rings. The molecule has 0 unspecified atom stereocenters. The highest BCUT2D eigenvalue weighted by molar-refractivity contribution is 7.89. The summed E-state index contributed by atoms with van der Waals surface area (Å²) in [6, 6.07) is 12.1. The number of amides is 2. The summed E-state index contributed by atoms with van der Waals surface area (Å²) in [5, 5.41) is 3.11. The number of hydrogen-bond donors (Lipinski definition) is 1. The lowest BCUT2D eigenvalue weighted by Gasteiger charge is -2.34. The molecule has 1 aliphatic heterocycles. The molecule has 0 saturated carbocycles. The zero-order chi connectivity index (χ0) is 22.4. The van der Waals surface area contributed by atoms with E-state index in [9.17, 15) is 13.2 Å². The van der Waals surface area contributed by atoms with E-state index in [0.29, 0.717) is 19.8 Å². The van der Waals surface area contributed by atoms with Crippen LogP contribution in [-0.2, 0) is 27.9 Å². The van der Waals surface area contributed by atoms with E-state index in [4.69, 9.17) is 27.9 Å². The van der Waals surface area contributed by atoms with Crippen LogP contribution in [0.2, 0.25) is 10.0 Å². The lowest BCUT2D eigenvalue weighted by atomic mass is 10.1. The zero-order valence-corrected chi connectivity index (χ0v) is 19.5. The Morgan fingerprint density at radius 3 is 2.39 bits per heavy atom. The quantitative estimate of drug-likeness (QED) is 0.647. The molecule has 1 fully saturated rings. The van der Waals surface area contributed by atoms with Gasteiger partial charge in [0, 0.05) is 39.3 Å². The summed E-state index contributed by atoms with van der Waals surface area (Å²) in [7, 11) is -3.79. The Balaban J connectivity index is 1.57. The predicted molar refractivity (Wildman–Crippen MR) is 121 cm³/mol. The smallest absolute Gasteiger partial charge is 0.317 e. The molecule has 1 saturated heterocycles. The number of hydrogen-bond acceptors (Lipinski definition) is 4. The van der Waals surface area contributed by atoms with Gasteiger partial charge in [-0.1, -0.05) is 53.5 Å². The number of urea groups is 1. The lowest BCUT2D eigenvalue weighted by molar-refractivity contribution is 0.133. The molecule has 0 aliphatic carbocycles. The lowest BCUT2D eigenvalue weighted by Crippen LogP contribution is -2.53. The van der Waals surface area contributed by atoms with Crippen molar-refractivity contribution in [2.75, 3.05) is 32.8 Å². The highest BCUT2D eigenvalue weighted by Crippen LogP contribution is 2.31. The topological polar surface area (TPSA) is 79.0 Å². The maximum Gasteiger partial charge on any atom is 0.317 e. The molecular weight excluding hydrogens is 461 g/mol. The van der Waals surface area contributed by atoms with Gasteiger partial charge in [0.15, 0.2) is 0 Å². The van der Waals surface area contributed by atoms with Gasteiger partial charge in [0.1, 0.15) is 4.90 Å². The van der Waals surface area contributed by atoms with Crippen molar-refractivity contribution in [2.45, 2.75) is 25.0 Å². The highest BCUT2D eigenvalue weighted by Gasteiger charge is 2.31. The van der Waals surface area contributed by atoms with Gasteiger partial charge in [-0.05, 0) is 30.2 Å². The molecule has 7 nitrogen and oxygen atoms in total. The first kappa shape index (κ1) is 23.8. The Bertz CT molecular complexity index is 1030. The van der Waals surface area contributed by atoms with Crippen molar-refractivity contribution in [3.63, 3.8) is 0 Å². The molecular formula is C21H25Cl2N3O4S. The summed E-state index contributed by atoms with van der Waals surface area (Å²) in [5.41, 5.74) is 2.01. The number of ether oxygens (including phenoxy) is 1. The average molecular weight is 486 g/mol. The number of carbonyl (C=O) groups is 1. The molecule has 2 aromatic carbocycles. The minimum absolute atomic E-state index is 0.00931. The third kappa shape index (κ3) is 5.70. The molecule has 0 aromatic heterocycles. The molecule has 0 spiro atoms. The summed E-state index contributed by atoms with van der Waals surface area (Å²) in [6.07, 6.45) is 0. The number of benzene rings is 2. The number of nitrogens with zero attached hydrogens (tertiary/aromatic N) is 2. The SMILES string of the molecule is CCOCc1ccccc1CNC(=O)N1CCN(S(=O)(=O)c2cccc(Cl)c2Cl)CC1. The molecule has 2 amide bonds. The van der Waals surface area contributed by atoms with E-state index in [1.54, 1.807) is 11.0 Å². The second-order valence-corrected chi connectivity index (χ2v) is 9.70. The summed E-state index contributed by atoms with van der Waals surface area (Å²) in [4.78, 5) is 14.2. The van der Waals surface area contributed by atoms with Crippen LogP contribution in [0.25, 0.3) is 0 Å². The third-order valence-electron chi connectivity index (χ3n) is 5.07. The monoisotopic (exact) mass is 485 g/mol. The number of piperazine rings is 1. The first-order valence-electron chi connectivity index (χ1n) is 9.96. The molecule has 0 bridgehead atoms. The summed E-state index contributed by atoms with van der Waals surface area (Å²) >= 11 is 12.1. The molecule has 0 radical (unpaired) electrons. The fourth-order valence-electron chi connectivity index (χ4n) is 3.32. The Hall–Kier alpha value is -1.84. The number of carbonyl (C=O) groups excluding carboxylic acids is 1. The van der Waals surface area contributed by atoms with Gasteiger partial charge in [0.25, 0.3) is 0 Å². The van der Waals surface area contributed by atoms with Crippen LogP contribution in [0.1, 0.15) is 18.1 Å². The minimum atomic E-state index is -3.79. The van der Waals surface area contributed by atoms with Crippen molar-refractivity contribution < 1.29 is 17.9 Å². The molecule has 0 atom stereocenters. The Morgan fingerprint density at radius 1 is 1.03 bits per heavy atom. The van der Waals surface area contributed by atoms with Gasteiger partial charge in [0.05, 0.1) is 16.7 Å². The zero-order valence-electron chi connectivity index (χ0n) is 17.2. The van der Waals surface area contributed by atoms with Crippen molar-refractivity contribution >= 4 is 39.3 Å². The molecule has 1 heterocycles. The van der Waals surface area contributed by atoms with E-state index in [2.05, 4.69) is 5.32 Å². The maximum absolute atomic E-state index is 12.9. The number of sulfonamides is 1. The Morgan fingerprint density at radius 2 is 1.71 bits per heavy atom.